The smallest absolute Gasteiger partial charge is 0.253 e. The zero-order chi connectivity index (χ0) is 22.9. The van der Waals surface area contributed by atoms with Crippen LogP contribution in [0.5, 0.6) is 0 Å². The number of rotatable bonds is 12. The fourth-order valence-corrected chi connectivity index (χ4v) is 3.94. The number of pyridine rings is 1. The van der Waals surface area contributed by atoms with Crippen molar-refractivity contribution in [1.29, 1.82) is 0 Å². The van der Waals surface area contributed by atoms with Crippen LogP contribution in [0.25, 0.3) is 0 Å². The van der Waals surface area contributed by atoms with Crippen molar-refractivity contribution in [3.05, 3.63) is 84.2 Å². The Morgan fingerprint density at radius 2 is 1.94 bits per heavy atom. The molecule has 3 aromatic rings. The van der Waals surface area contributed by atoms with E-state index >= 15 is 0 Å². The zero-order valence-corrected chi connectivity index (χ0v) is 18.5. The van der Waals surface area contributed by atoms with E-state index < -0.39 is 6.04 Å². The standard InChI is InChI=1S/C25H30N6O2/c32-24(19-9-6-11-26-14-19)31-22(25(33)29-16-20-15-27-17-30-20)10-4-5-12-28-23-13-21(23)18-7-2-1-3-8-18/h1-3,6-9,11,14-15,17,21-23,28H,4-5,10,12-13,16H2,(H,27,30)(H,29,33)(H,31,32). The minimum atomic E-state index is -0.612. The second kappa shape index (κ2) is 11.4. The van der Waals surface area contributed by atoms with E-state index in [2.05, 4.69) is 55.2 Å². The average molecular weight is 447 g/mol. The van der Waals surface area contributed by atoms with Gasteiger partial charge in [-0.3, -0.25) is 14.6 Å². The van der Waals surface area contributed by atoms with E-state index in [1.165, 1.54) is 18.2 Å². The molecule has 2 heterocycles. The highest BCUT2D eigenvalue weighted by atomic mass is 16.2. The van der Waals surface area contributed by atoms with Crippen molar-refractivity contribution in [3.63, 3.8) is 0 Å². The number of aromatic nitrogens is 3. The third-order valence-electron chi connectivity index (χ3n) is 5.90. The summed E-state index contributed by atoms with van der Waals surface area (Å²) in [6, 6.07) is 13.9. The first kappa shape index (κ1) is 22.7. The van der Waals surface area contributed by atoms with E-state index in [0.717, 1.165) is 25.1 Å². The maximum absolute atomic E-state index is 12.8. The lowest BCUT2D eigenvalue weighted by molar-refractivity contribution is -0.123. The normalized spacial score (nSPS) is 17.8. The molecule has 1 saturated carbocycles. The molecule has 172 valence electrons. The summed E-state index contributed by atoms with van der Waals surface area (Å²) in [5.74, 6) is 0.0960. The second-order valence-electron chi connectivity index (χ2n) is 8.37. The number of amides is 2. The van der Waals surface area contributed by atoms with Gasteiger partial charge in [0, 0.05) is 30.6 Å². The molecule has 0 spiro atoms. The lowest BCUT2D eigenvalue weighted by Crippen LogP contribution is -2.46. The van der Waals surface area contributed by atoms with Gasteiger partial charge in [-0.25, -0.2) is 4.98 Å². The molecule has 0 bridgehead atoms. The highest BCUT2D eigenvalue weighted by Gasteiger charge is 2.37. The molecule has 3 atom stereocenters. The number of aromatic amines is 1. The highest BCUT2D eigenvalue weighted by Crippen LogP contribution is 2.40. The molecule has 2 aromatic heterocycles. The van der Waals surface area contributed by atoms with Crippen molar-refractivity contribution in [3.8, 4) is 0 Å². The minimum Gasteiger partial charge on any atom is -0.349 e. The number of imidazole rings is 1. The van der Waals surface area contributed by atoms with Crippen LogP contribution in [0.15, 0.2) is 67.4 Å². The molecule has 8 nitrogen and oxygen atoms in total. The summed E-state index contributed by atoms with van der Waals surface area (Å²) in [5, 5.41) is 9.36. The van der Waals surface area contributed by atoms with E-state index in [1.54, 1.807) is 30.9 Å². The average Bonchev–Trinajstić information content (AvgIpc) is 3.44. The van der Waals surface area contributed by atoms with Gasteiger partial charge in [0.25, 0.3) is 5.91 Å². The number of carbonyl (C=O) groups excluding carboxylic acids is 2. The summed E-state index contributed by atoms with van der Waals surface area (Å²) in [5.41, 5.74) is 2.63. The first-order chi connectivity index (χ1) is 16.2. The predicted octanol–water partition coefficient (Wildman–Crippen LogP) is 2.54. The maximum Gasteiger partial charge on any atom is 0.253 e. The largest absolute Gasteiger partial charge is 0.349 e. The van der Waals surface area contributed by atoms with Crippen LogP contribution < -0.4 is 16.0 Å². The first-order valence-electron chi connectivity index (χ1n) is 11.4. The van der Waals surface area contributed by atoms with Gasteiger partial charge in [-0.2, -0.15) is 0 Å². The molecule has 1 aliphatic carbocycles. The Labute approximate surface area is 193 Å². The van der Waals surface area contributed by atoms with Gasteiger partial charge in [-0.05, 0) is 49.9 Å². The van der Waals surface area contributed by atoms with E-state index in [4.69, 9.17) is 0 Å². The van der Waals surface area contributed by atoms with Gasteiger partial charge in [0.15, 0.2) is 0 Å². The van der Waals surface area contributed by atoms with Crippen LogP contribution in [0.3, 0.4) is 0 Å². The first-order valence-corrected chi connectivity index (χ1v) is 11.4. The van der Waals surface area contributed by atoms with Gasteiger partial charge >= 0.3 is 0 Å². The van der Waals surface area contributed by atoms with Gasteiger partial charge in [0.05, 0.1) is 24.1 Å². The van der Waals surface area contributed by atoms with E-state index in [-0.39, 0.29) is 11.8 Å². The van der Waals surface area contributed by atoms with Gasteiger partial charge < -0.3 is 20.9 Å². The van der Waals surface area contributed by atoms with Crippen LogP contribution in [0.4, 0.5) is 0 Å². The van der Waals surface area contributed by atoms with Gasteiger partial charge in [0.1, 0.15) is 6.04 Å². The SMILES string of the molecule is O=C(NC(CCCCNC1CC1c1ccccc1)C(=O)NCc1cnc[nH]1)c1cccnc1. The number of H-pyrrole nitrogens is 1. The van der Waals surface area contributed by atoms with Crippen LogP contribution in [-0.4, -0.2) is 45.4 Å². The maximum atomic E-state index is 12.8. The molecule has 4 N–H and O–H groups in total. The lowest BCUT2D eigenvalue weighted by atomic mass is 10.1. The molecule has 1 fully saturated rings. The lowest BCUT2D eigenvalue weighted by Gasteiger charge is -2.18. The molecular formula is C25H30N6O2. The van der Waals surface area contributed by atoms with E-state index in [0.29, 0.717) is 30.5 Å². The van der Waals surface area contributed by atoms with Gasteiger partial charge in [0.2, 0.25) is 5.91 Å². The summed E-state index contributed by atoms with van der Waals surface area (Å²) in [6.07, 6.45) is 9.84. The highest BCUT2D eigenvalue weighted by molar-refractivity contribution is 5.97. The van der Waals surface area contributed by atoms with Crippen LogP contribution in [0.1, 0.15) is 53.2 Å². The van der Waals surface area contributed by atoms with Crippen LogP contribution >= 0.6 is 0 Å². The van der Waals surface area contributed by atoms with E-state index in [9.17, 15) is 9.59 Å². The fraction of sp³-hybridized carbons (Fsp3) is 0.360. The van der Waals surface area contributed by atoms with Crippen LogP contribution in [0.2, 0.25) is 0 Å². The van der Waals surface area contributed by atoms with Crippen LogP contribution in [-0.2, 0) is 11.3 Å². The number of benzene rings is 1. The predicted molar refractivity (Wildman–Crippen MR) is 125 cm³/mol. The topological polar surface area (TPSA) is 112 Å². The van der Waals surface area contributed by atoms with Crippen molar-refractivity contribution < 1.29 is 9.59 Å². The number of hydrogen-bond donors (Lipinski definition) is 4. The third kappa shape index (κ3) is 6.73. The summed E-state index contributed by atoms with van der Waals surface area (Å²) in [7, 11) is 0. The molecule has 0 aliphatic heterocycles. The molecule has 8 heteroatoms. The molecule has 2 amide bonds. The Balaban J connectivity index is 1.23. The molecule has 0 radical (unpaired) electrons. The molecular weight excluding hydrogens is 416 g/mol. The summed E-state index contributed by atoms with van der Waals surface area (Å²) in [4.78, 5) is 36.3. The van der Waals surface area contributed by atoms with Gasteiger partial charge in [-0.1, -0.05) is 30.3 Å². The zero-order valence-electron chi connectivity index (χ0n) is 18.5. The quantitative estimate of drug-likeness (QED) is 0.320. The summed E-state index contributed by atoms with van der Waals surface area (Å²) in [6.45, 7) is 1.23. The third-order valence-corrected chi connectivity index (χ3v) is 5.90. The Morgan fingerprint density at radius 1 is 1.06 bits per heavy atom. The Bertz CT molecular complexity index is 1010. The molecule has 1 aliphatic rings. The van der Waals surface area contributed by atoms with E-state index in [1.807, 2.05) is 6.07 Å². The van der Waals surface area contributed by atoms with Crippen LogP contribution in [0, 0.1) is 0 Å². The summed E-state index contributed by atoms with van der Waals surface area (Å²) < 4.78 is 0. The van der Waals surface area contributed by atoms with Crippen molar-refractivity contribution >= 4 is 11.8 Å². The fourth-order valence-electron chi connectivity index (χ4n) is 3.94. The molecule has 33 heavy (non-hydrogen) atoms. The minimum absolute atomic E-state index is 0.207. The van der Waals surface area contributed by atoms with Crippen molar-refractivity contribution in [2.24, 2.45) is 0 Å². The Hall–Kier alpha value is -3.52. The van der Waals surface area contributed by atoms with Crippen molar-refractivity contribution in [1.82, 2.24) is 30.9 Å². The second-order valence-corrected chi connectivity index (χ2v) is 8.37. The number of nitrogens with zero attached hydrogens (tertiary/aromatic N) is 2. The van der Waals surface area contributed by atoms with Crippen molar-refractivity contribution in [2.75, 3.05) is 6.54 Å². The summed E-state index contributed by atoms with van der Waals surface area (Å²) >= 11 is 0. The molecule has 4 rings (SSSR count). The monoisotopic (exact) mass is 446 g/mol. The number of nitrogens with one attached hydrogen (secondary N) is 4. The van der Waals surface area contributed by atoms with Crippen molar-refractivity contribution in [2.45, 2.75) is 50.2 Å². The Kier molecular flexibility index (Phi) is 7.81. The number of unbranched alkanes of at least 4 members (excludes halogenated alkanes) is 1. The van der Waals surface area contributed by atoms with Gasteiger partial charge in [-0.15, -0.1) is 0 Å². The molecule has 3 unspecified atom stereocenters. The Morgan fingerprint density at radius 3 is 2.70 bits per heavy atom. The number of hydrogen-bond acceptors (Lipinski definition) is 5. The molecule has 1 aromatic carbocycles. The molecule has 0 saturated heterocycles. The number of carbonyl (C=O) groups is 2.